The van der Waals surface area contributed by atoms with Crippen LogP contribution in [-0.4, -0.2) is 24.4 Å². The number of halogens is 1. The van der Waals surface area contributed by atoms with Crippen LogP contribution in [0.15, 0.2) is 24.3 Å². The van der Waals surface area contributed by atoms with E-state index in [4.69, 9.17) is 16.3 Å². The highest BCUT2D eigenvalue weighted by Gasteiger charge is 2.71. The van der Waals surface area contributed by atoms with E-state index in [-0.39, 0.29) is 18.4 Å². The number of nitrogens with zero attached hydrogens (tertiary/aromatic N) is 1. The summed E-state index contributed by atoms with van der Waals surface area (Å²) in [5.41, 5.74) is 0.447. The van der Waals surface area contributed by atoms with E-state index in [1.165, 1.54) is 0 Å². The van der Waals surface area contributed by atoms with Gasteiger partial charge in [-0.15, -0.1) is 0 Å². The molecule has 2 aliphatic rings. The Morgan fingerprint density at radius 3 is 2.50 bits per heavy atom. The Morgan fingerprint density at radius 2 is 1.95 bits per heavy atom. The van der Waals surface area contributed by atoms with Gasteiger partial charge in [-0.2, -0.15) is 0 Å². The molecule has 2 fully saturated rings. The maximum Gasteiger partial charge on any atom is 0.310 e. The van der Waals surface area contributed by atoms with E-state index in [9.17, 15) is 14.4 Å². The first kappa shape index (κ1) is 13.1. The molecule has 0 aromatic heterocycles. The van der Waals surface area contributed by atoms with Gasteiger partial charge in [0, 0.05) is 5.02 Å². The molecule has 104 valence electrons. The number of carbonyl (C=O) groups excluding carboxylic acids is 3. The van der Waals surface area contributed by atoms with E-state index in [1.807, 2.05) is 0 Å². The van der Waals surface area contributed by atoms with Gasteiger partial charge in [0.15, 0.2) is 0 Å². The summed E-state index contributed by atoms with van der Waals surface area (Å²) in [6.07, 6.45) is 0. The zero-order valence-corrected chi connectivity index (χ0v) is 11.5. The molecule has 0 N–H and O–H groups in total. The van der Waals surface area contributed by atoms with Crippen molar-refractivity contribution in [2.75, 3.05) is 11.5 Å². The van der Waals surface area contributed by atoms with E-state index in [0.717, 1.165) is 4.90 Å². The lowest BCUT2D eigenvalue weighted by Crippen LogP contribution is -2.36. The summed E-state index contributed by atoms with van der Waals surface area (Å²) < 4.78 is 4.88. The van der Waals surface area contributed by atoms with Crippen LogP contribution in [0.25, 0.3) is 0 Å². The summed E-state index contributed by atoms with van der Waals surface area (Å²) >= 11 is 5.86. The Kier molecular flexibility index (Phi) is 3.01. The molecule has 2 atom stereocenters. The maximum absolute atomic E-state index is 12.2. The summed E-state index contributed by atoms with van der Waals surface area (Å²) in [6.45, 7) is 1.94. The van der Waals surface area contributed by atoms with Crippen molar-refractivity contribution in [1.29, 1.82) is 0 Å². The van der Waals surface area contributed by atoms with Crippen LogP contribution in [0.1, 0.15) is 6.92 Å². The molecule has 1 heterocycles. The fraction of sp³-hybridized carbons (Fsp3) is 0.357. The monoisotopic (exact) mass is 293 g/mol. The summed E-state index contributed by atoms with van der Waals surface area (Å²) in [4.78, 5) is 37.2. The molecule has 3 rings (SSSR count). The highest BCUT2D eigenvalue weighted by molar-refractivity contribution is 6.32. The molecule has 6 heteroatoms. The Bertz CT molecular complexity index is 593. The van der Waals surface area contributed by atoms with E-state index in [1.54, 1.807) is 31.2 Å². The lowest BCUT2D eigenvalue weighted by molar-refractivity contribution is -0.147. The Morgan fingerprint density at radius 1 is 1.30 bits per heavy atom. The number of hydrogen-bond donors (Lipinski definition) is 0. The van der Waals surface area contributed by atoms with E-state index >= 15 is 0 Å². The lowest BCUT2D eigenvalue weighted by Gasteiger charge is -2.18. The van der Waals surface area contributed by atoms with Crippen molar-refractivity contribution in [1.82, 2.24) is 0 Å². The van der Waals surface area contributed by atoms with Gasteiger partial charge in [-0.1, -0.05) is 17.7 Å². The van der Waals surface area contributed by atoms with Crippen LogP contribution >= 0.6 is 11.6 Å². The van der Waals surface area contributed by atoms with Crippen LogP contribution in [0.4, 0.5) is 5.69 Å². The van der Waals surface area contributed by atoms with Gasteiger partial charge in [-0.3, -0.25) is 14.4 Å². The van der Waals surface area contributed by atoms with Gasteiger partial charge in [-0.25, -0.2) is 4.90 Å². The molecular formula is C14H12ClNO4. The second kappa shape index (κ2) is 4.59. The highest BCUT2D eigenvalue weighted by atomic mass is 35.5. The fourth-order valence-electron chi connectivity index (χ4n) is 2.73. The molecule has 1 aliphatic carbocycles. The average Bonchev–Trinajstić information content (AvgIpc) is 3.08. The number of benzene rings is 1. The molecule has 1 aromatic rings. The van der Waals surface area contributed by atoms with Crippen LogP contribution in [0.3, 0.4) is 0 Å². The second-order valence-corrected chi connectivity index (χ2v) is 5.26. The number of rotatable bonds is 3. The minimum absolute atomic E-state index is 0.245. The molecule has 0 radical (unpaired) electrons. The Balaban J connectivity index is 1.82. The third-order valence-corrected chi connectivity index (χ3v) is 3.89. The standard InChI is InChI=1S/C14H12ClNO4/c1-2-20-14(19)11-9-10(11)13(18)16(12(9)17)8-5-3-4-7(15)6-8/h3-6,9-11H,2H2,1H3/t9-,10-/m0/s1. The minimum Gasteiger partial charge on any atom is -0.466 e. The van der Waals surface area contributed by atoms with E-state index in [0.29, 0.717) is 10.7 Å². The quantitative estimate of drug-likeness (QED) is 0.628. The minimum atomic E-state index is -0.606. The molecule has 1 aromatic carbocycles. The number of esters is 1. The molecule has 0 bridgehead atoms. The van der Waals surface area contributed by atoms with Crippen LogP contribution in [-0.2, 0) is 19.1 Å². The molecule has 1 saturated heterocycles. The first-order chi connectivity index (χ1) is 9.56. The molecule has 0 spiro atoms. The van der Waals surface area contributed by atoms with Crippen LogP contribution < -0.4 is 4.90 Å². The van der Waals surface area contributed by atoms with Gasteiger partial charge in [0.25, 0.3) is 0 Å². The average molecular weight is 294 g/mol. The lowest BCUT2D eigenvalue weighted by atomic mass is 10.2. The first-order valence-electron chi connectivity index (χ1n) is 6.36. The largest absolute Gasteiger partial charge is 0.466 e. The van der Waals surface area contributed by atoms with Gasteiger partial charge >= 0.3 is 5.97 Å². The van der Waals surface area contributed by atoms with Crippen molar-refractivity contribution in [3.8, 4) is 0 Å². The number of imide groups is 1. The van der Waals surface area contributed by atoms with Crippen molar-refractivity contribution in [3.05, 3.63) is 29.3 Å². The predicted molar refractivity (Wildman–Crippen MR) is 71.0 cm³/mol. The number of piperidine rings is 1. The number of hydrogen-bond acceptors (Lipinski definition) is 4. The zero-order chi connectivity index (χ0) is 14.4. The Hall–Kier alpha value is -1.88. The van der Waals surface area contributed by atoms with Crippen LogP contribution in [0, 0.1) is 17.8 Å². The summed E-state index contributed by atoms with van der Waals surface area (Å²) in [5.74, 6) is -2.90. The molecule has 0 unspecified atom stereocenters. The number of ether oxygens (including phenoxy) is 1. The number of carbonyl (C=O) groups is 3. The molecule has 5 nitrogen and oxygen atoms in total. The third kappa shape index (κ3) is 1.81. The fourth-order valence-corrected chi connectivity index (χ4v) is 2.92. The maximum atomic E-state index is 12.2. The summed E-state index contributed by atoms with van der Waals surface area (Å²) in [5, 5.41) is 0.450. The van der Waals surface area contributed by atoms with Crippen molar-refractivity contribution in [2.24, 2.45) is 17.8 Å². The first-order valence-corrected chi connectivity index (χ1v) is 6.74. The number of anilines is 1. The van der Waals surface area contributed by atoms with Crippen molar-refractivity contribution in [2.45, 2.75) is 6.92 Å². The van der Waals surface area contributed by atoms with E-state index in [2.05, 4.69) is 0 Å². The normalized spacial score (nSPS) is 27.5. The van der Waals surface area contributed by atoms with Crippen molar-refractivity contribution >= 4 is 35.1 Å². The zero-order valence-electron chi connectivity index (χ0n) is 10.7. The molecule has 20 heavy (non-hydrogen) atoms. The molecular weight excluding hydrogens is 282 g/mol. The van der Waals surface area contributed by atoms with Gasteiger partial charge in [0.1, 0.15) is 0 Å². The van der Waals surface area contributed by atoms with Gasteiger partial charge in [-0.05, 0) is 25.1 Å². The van der Waals surface area contributed by atoms with Gasteiger partial charge in [0.05, 0.1) is 30.0 Å². The SMILES string of the molecule is CCOC(=O)C1[C@H]2C(=O)N(c3cccc(Cl)c3)C(=O)[C@H]12. The van der Waals surface area contributed by atoms with Gasteiger partial charge < -0.3 is 4.74 Å². The smallest absolute Gasteiger partial charge is 0.310 e. The molecule has 2 amide bonds. The van der Waals surface area contributed by atoms with Gasteiger partial charge in [0.2, 0.25) is 11.8 Å². The second-order valence-electron chi connectivity index (χ2n) is 4.82. The number of amides is 2. The third-order valence-electron chi connectivity index (χ3n) is 3.66. The van der Waals surface area contributed by atoms with Crippen LogP contribution in [0.2, 0.25) is 5.02 Å². The molecule has 1 saturated carbocycles. The topological polar surface area (TPSA) is 63.7 Å². The van der Waals surface area contributed by atoms with Crippen LogP contribution in [0.5, 0.6) is 0 Å². The highest BCUT2D eigenvalue weighted by Crippen LogP contribution is 2.54. The number of fused-ring (bicyclic) bond motifs is 1. The van der Waals surface area contributed by atoms with E-state index < -0.39 is 23.7 Å². The summed E-state index contributed by atoms with van der Waals surface area (Å²) in [7, 11) is 0. The van der Waals surface area contributed by atoms with Crippen molar-refractivity contribution < 1.29 is 19.1 Å². The summed E-state index contributed by atoms with van der Waals surface area (Å²) in [6, 6.07) is 6.54. The Labute approximate surface area is 120 Å². The van der Waals surface area contributed by atoms with Crippen molar-refractivity contribution in [3.63, 3.8) is 0 Å². The predicted octanol–water partition coefficient (Wildman–Crippen LogP) is 1.64. The molecule has 1 aliphatic heterocycles.